The van der Waals surface area contributed by atoms with Gasteiger partial charge in [0.15, 0.2) is 11.9 Å². The summed E-state index contributed by atoms with van der Waals surface area (Å²) >= 11 is 0. The lowest BCUT2D eigenvalue weighted by molar-refractivity contribution is -0.220. The molecule has 0 aliphatic heterocycles. The number of rotatable bonds is 4. The number of carbonyl (C=O) groups is 1. The molecule has 1 aliphatic rings. The molecule has 3 nitrogen and oxygen atoms in total. The number of hydrogen-bond acceptors (Lipinski definition) is 3. The van der Waals surface area contributed by atoms with Crippen molar-refractivity contribution in [1.29, 1.82) is 0 Å². The Kier molecular flexibility index (Phi) is 3.88. The monoisotopic (exact) mass is 236 g/mol. The first-order valence-electron chi connectivity index (χ1n) is 4.48. The molecule has 0 saturated carbocycles. The van der Waals surface area contributed by atoms with Crippen molar-refractivity contribution < 1.29 is 27.4 Å². The molecule has 2 unspecified atom stereocenters. The summed E-state index contributed by atoms with van der Waals surface area (Å²) in [5.74, 6) is -1.99. The molecule has 0 amide bonds. The maximum Gasteiger partial charge on any atom is 0.398 e. The van der Waals surface area contributed by atoms with Gasteiger partial charge in [0.25, 0.3) is 0 Å². The van der Waals surface area contributed by atoms with Crippen LogP contribution in [0, 0.1) is 5.92 Å². The van der Waals surface area contributed by atoms with Crippen LogP contribution < -0.4 is 0 Å². The van der Waals surface area contributed by atoms with Crippen LogP contribution in [0.2, 0.25) is 0 Å². The quantitative estimate of drug-likeness (QED) is 0.552. The van der Waals surface area contributed by atoms with Crippen LogP contribution in [0.5, 0.6) is 0 Å². The predicted octanol–water partition coefficient (Wildman–Crippen LogP) is 1.85. The van der Waals surface area contributed by atoms with Gasteiger partial charge in [-0.25, -0.2) is 0 Å². The summed E-state index contributed by atoms with van der Waals surface area (Å²) in [6.07, 6.45) is 0.143. The first-order chi connectivity index (χ1) is 7.46. The molecule has 0 aromatic carbocycles. The summed E-state index contributed by atoms with van der Waals surface area (Å²) in [4.78, 5) is 10.9. The average molecular weight is 236 g/mol. The van der Waals surface area contributed by atoms with Crippen LogP contribution in [-0.4, -0.2) is 32.0 Å². The first kappa shape index (κ1) is 12.9. The molecular weight excluding hydrogens is 225 g/mol. The largest absolute Gasteiger partial charge is 0.398 e. The average Bonchev–Trinajstić information content (AvgIpc) is 2.25. The van der Waals surface area contributed by atoms with Crippen LogP contribution in [0.15, 0.2) is 24.3 Å². The second-order valence-electron chi connectivity index (χ2n) is 3.29. The molecule has 16 heavy (non-hydrogen) atoms. The normalized spacial score (nSPS) is 29.4. The van der Waals surface area contributed by atoms with Crippen molar-refractivity contribution in [3.63, 3.8) is 0 Å². The van der Waals surface area contributed by atoms with Crippen molar-refractivity contribution in [1.82, 2.24) is 0 Å². The maximum absolute atomic E-state index is 12.7. The van der Waals surface area contributed by atoms with Crippen LogP contribution in [0.3, 0.4) is 0 Å². The number of hydrogen-bond donors (Lipinski definition) is 0. The van der Waals surface area contributed by atoms with E-state index in [0.717, 1.165) is 12.2 Å². The Morgan fingerprint density at radius 1 is 1.44 bits per heavy atom. The fourth-order valence-electron chi connectivity index (χ4n) is 1.45. The van der Waals surface area contributed by atoms with E-state index in [1.165, 1.54) is 19.3 Å². The summed E-state index contributed by atoms with van der Waals surface area (Å²) in [5.41, 5.74) is -2.02. The Morgan fingerprint density at radius 3 is 2.62 bits per heavy atom. The number of carbonyl (C=O) groups excluding carboxylic acids is 1. The molecular formula is C10H11F3O3. The summed E-state index contributed by atoms with van der Waals surface area (Å²) in [6, 6.07) is 0. The van der Waals surface area contributed by atoms with Gasteiger partial charge >= 0.3 is 6.18 Å². The SMILES string of the molecule is COCOC1(C=O)C=CC=CC1C(F)(F)F. The van der Waals surface area contributed by atoms with Crippen LogP contribution in [0.25, 0.3) is 0 Å². The van der Waals surface area contributed by atoms with Gasteiger partial charge in [0.2, 0.25) is 0 Å². The number of aldehydes is 1. The Bertz CT molecular complexity index is 309. The minimum atomic E-state index is -4.55. The highest BCUT2D eigenvalue weighted by atomic mass is 19.4. The van der Waals surface area contributed by atoms with E-state index in [0.29, 0.717) is 0 Å². The van der Waals surface area contributed by atoms with Crippen LogP contribution in [0.1, 0.15) is 0 Å². The first-order valence-corrected chi connectivity index (χ1v) is 4.48. The lowest BCUT2D eigenvalue weighted by Gasteiger charge is -2.34. The van der Waals surface area contributed by atoms with Gasteiger partial charge in [-0.05, 0) is 6.08 Å². The molecule has 0 saturated heterocycles. The summed E-state index contributed by atoms with van der Waals surface area (Å²) in [7, 11) is 1.27. The lowest BCUT2D eigenvalue weighted by atomic mass is 9.84. The number of methoxy groups -OCH3 is 1. The molecule has 1 rings (SSSR count). The highest BCUT2D eigenvalue weighted by Gasteiger charge is 2.53. The van der Waals surface area contributed by atoms with Gasteiger partial charge in [0, 0.05) is 7.11 Å². The molecule has 0 aromatic heterocycles. The minimum absolute atomic E-state index is 0.143. The minimum Gasteiger partial charge on any atom is -0.359 e. The highest BCUT2D eigenvalue weighted by molar-refractivity contribution is 5.69. The second-order valence-corrected chi connectivity index (χ2v) is 3.29. The van der Waals surface area contributed by atoms with Gasteiger partial charge in [0.05, 0.1) is 0 Å². The molecule has 0 spiro atoms. The number of allylic oxidation sites excluding steroid dienone is 2. The summed E-state index contributed by atoms with van der Waals surface area (Å²) < 4.78 is 47.4. The molecule has 0 N–H and O–H groups in total. The number of halogens is 3. The van der Waals surface area contributed by atoms with E-state index in [2.05, 4.69) is 4.74 Å². The third kappa shape index (κ3) is 2.51. The molecule has 0 heterocycles. The Labute approximate surface area is 90.5 Å². The van der Waals surface area contributed by atoms with E-state index in [9.17, 15) is 18.0 Å². The smallest absolute Gasteiger partial charge is 0.359 e. The lowest BCUT2D eigenvalue weighted by Crippen LogP contribution is -2.48. The number of alkyl halides is 3. The fourth-order valence-corrected chi connectivity index (χ4v) is 1.45. The zero-order valence-corrected chi connectivity index (χ0v) is 8.53. The van der Waals surface area contributed by atoms with Crippen molar-refractivity contribution in [2.75, 3.05) is 13.9 Å². The van der Waals surface area contributed by atoms with Crippen molar-refractivity contribution >= 4 is 6.29 Å². The summed E-state index contributed by atoms with van der Waals surface area (Å²) in [5, 5.41) is 0. The van der Waals surface area contributed by atoms with Crippen LogP contribution in [0.4, 0.5) is 13.2 Å². The summed E-state index contributed by atoms with van der Waals surface area (Å²) in [6.45, 7) is -0.385. The van der Waals surface area contributed by atoms with Gasteiger partial charge in [-0.15, -0.1) is 0 Å². The highest BCUT2D eigenvalue weighted by Crippen LogP contribution is 2.39. The molecule has 1 aliphatic carbocycles. The molecule has 2 atom stereocenters. The third-order valence-corrected chi connectivity index (χ3v) is 2.22. The second kappa shape index (κ2) is 4.80. The molecule has 90 valence electrons. The molecule has 0 bridgehead atoms. The standard InChI is InChI=1S/C10H11F3O3/c1-15-7-16-9(6-14)5-3-2-4-8(9)10(11,12)13/h2-6,8H,7H2,1H3. The maximum atomic E-state index is 12.7. The van der Waals surface area contributed by atoms with Gasteiger partial charge in [-0.1, -0.05) is 18.2 Å². The molecule has 0 fully saturated rings. The van der Waals surface area contributed by atoms with Crippen molar-refractivity contribution in [2.45, 2.75) is 11.8 Å². The zero-order valence-electron chi connectivity index (χ0n) is 8.53. The van der Waals surface area contributed by atoms with Crippen LogP contribution in [-0.2, 0) is 14.3 Å². The van der Waals surface area contributed by atoms with Crippen LogP contribution >= 0.6 is 0 Å². The topological polar surface area (TPSA) is 35.5 Å². The molecule has 0 radical (unpaired) electrons. The Hall–Kier alpha value is -1.14. The van der Waals surface area contributed by atoms with Crippen molar-refractivity contribution in [2.24, 2.45) is 5.92 Å². The van der Waals surface area contributed by atoms with E-state index in [1.807, 2.05) is 0 Å². The van der Waals surface area contributed by atoms with E-state index in [1.54, 1.807) is 0 Å². The van der Waals surface area contributed by atoms with E-state index in [4.69, 9.17) is 4.74 Å². The van der Waals surface area contributed by atoms with E-state index in [-0.39, 0.29) is 13.1 Å². The Morgan fingerprint density at radius 2 is 2.12 bits per heavy atom. The Balaban J connectivity index is 2.99. The molecule has 0 aromatic rings. The molecule has 6 heteroatoms. The number of ether oxygens (including phenoxy) is 2. The van der Waals surface area contributed by atoms with E-state index < -0.39 is 17.7 Å². The van der Waals surface area contributed by atoms with Crippen molar-refractivity contribution in [3.8, 4) is 0 Å². The zero-order chi connectivity index (χ0) is 12.2. The predicted molar refractivity (Wildman–Crippen MR) is 49.6 cm³/mol. The van der Waals surface area contributed by atoms with Crippen molar-refractivity contribution in [3.05, 3.63) is 24.3 Å². The van der Waals surface area contributed by atoms with Gasteiger partial charge < -0.3 is 9.47 Å². The van der Waals surface area contributed by atoms with Gasteiger partial charge in [-0.2, -0.15) is 13.2 Å². The third-order valence-electron chi connectivity index (χ3n) is 2.22. The van der Waals surface area contributed by atoms with E-state index >= 15 is 0 Å². The van der Waals surface area contributed by atoms with Gasteiger partial charge in [-0.3, -0.25) is 4.79 Å². The van der Waals surface area contributed by atoms with Gasteiger partial charge in [0.1, 0.15) is 12.7 Å². The fraction of sp³-hybridized carbons (Fsp3) is 0.500.